The predicted octanol–water partition coefficient (Wildman–Crippen LogP) is 3.29. The first-order valence-electron chi connectivity index (χ1n) is 10.4. The smallest absolute Gasteiger partial charge is 0.152 e. The van der Waals surface area contributed by atoms with Crippen LogP contribution in [0.5, 0.6) is 0 Å². The highest BCUT2D eigenvalue weighted by atomic mass is 16.3. The second-order valence-corrected chi connectivity index (χ2v) is 7.79. The van der Waals surface area contributed by atoms with Gasteiger partial charge in [-0.1, -0.05) is 29.8 Å². The topological polar surface area (TPSA) is 109 Å². The van der Waals surface area contributed by atoms with Crippen molar-refractivity contribution < 1.29 is 10.2 Å². The molecule has 0 aliphatic heterocycles. The quantitative estimate of drug-likeness (QED) is 0.413. The number of nitrogens with one attached hydrogen (secondary N) is 1. The maximum absolute atomic E-state index is 9.86. The van der Waals surface area contributed by atoms with Gasteiger partial charge in [0.25, 0.3) is 0 Å². The predicted molar refractivity (Wildman–Crippen MR) is 122 cm³/mol. The maximum atomic E-state index is 9.86. The van der Waals surface area contributed by atoms with Crippen molar-refractivity contribution in [2.24, 2.45) is 0 Å². The first kappa shape index (κ1) is 21.6. The van der Waals surface area contributed by atoms with Crippen LogP contribution in [-0.2, 0) is 6.61 Å². The van der Waals surface area contributed by atoms with Gasteiger partial charge >= 0.3 is 0 Å². The number of hydrogen-bond acceptors (Lipinski definition) is 7. The van der Waals surface area contributed by atoms with Crippen molar-refractivity contribution in [1.82, 2.24) is 24.7 Å². The maximum Gasteiger partial charge on any atom is 0.152 e. The molecule has 0 saturated heterocycles. The number of imidazole rings is 1. The molecule has 164 valence electrons. The minimum absolute atomic E-state index is 0.0669. The number of aliphatic hydroxyl groups excluding tert-OH is 2. The third-order valence-corrected chi connectivity index (χ3v) is 5.31. The molecule has 0 aliphatic rings. The summed E-state index contributed by atoms with van der Waals surface area (Å²) in [7, 11) is 0. The van der Waals surface area contributed by atoms with Crippen molar-refractivity contribution in [3.05, 3.63) is 83.1 Å². The Balaban J connectivity index is 1.59. The average Bonchev–Trinajstić information content (AvgIpc) is 3.24. The summed E-state index contributed by atoms with van der Waals surface area (Å²) in [5.74, 6) is 0.598. The van der Waals surface area contributed by atoms with Crippen molar-refractivity contribution in [1.29, 1.82) is 0 Å². The molecule has 1 aromatic carbocycles. The number of hydrogen-bond donors (Lipinski definition) is 3. The molecule has 0 radical (unpaired) electrons. The molecule has 0 bridgehead atoms. The Morgan fingerprint density at radius 3 is 2.38 bits per heavy atom. The summed E-state index contributed by atoms with van der Waals surface area (Å²) < 4.78 is 1.84. The largest absolute Gasteiger partial charge is 0.394 e. The van der Waals surface area contributed by atoms with Crippen LogP contribution in [0.25, 0.3) is 17.1 Å². The van der Waals surface area contributed by atoms with E-state index in [0.717, 1.165) is 28.1 Å². The van der Waals surface area contributed by atoms with E-state index < -0.39 is 0 Å². The Morgan fingerprint density at radius 1 is 0.969 bits per heavy atom. The van der Waals surface area contributed by atoms with E-state index in [9.17, 15) is 10.2 Å². The van der Waals surface area contributed by atoms with E-state index in [-0.39, 0.29) is 19.3 Å². The molecular weight excluding hydrogens is 404 g/mol. The number of aliphatic hydroxyl groups is 2. The highest BCUT2D eigenvalue weighted by Gasteiger charge is 2.15. The van der Waals surface area contributed by atoms with E-state index in [1.54, 1.807) is 6.33 Å². The summed E-state index contributed by atoms with van der Waals surface area (Å²) in [4.78, 5) is 8.82. The second kappa shape index (κ2) is 9.25. The van der Waals surface area contributed by atoms with Crippen LogP contribution in [0.4, 0.5) is 5.82 Å². The molecule has 3 heterocycles. The first-order valence-corrected chi connectivity index (χ1v) is 10.4. The van der Waals surface area contributed by atoms with Crippen LogP contribution in [0.15, 0.2) is 55.0 Å². The molecular formula is C24H26N6O2. The SMILES string of the molecule is Cc1ccc([C@@H](CO)Nc2nnc(-c3ccc(-n4cnc(C)c4)c(CO)n3)cc2C)cc1. The third kappa shape index (κ3) is 4.51. The van der Waals surface area contributed by atoms with Crippen LogP contribution in [0.1, 0.15) is 34.1 Å². The molecule has 8 nitrogen and oxygen atoms in total. The van der Waals surface area contributed by atoms with Crippen LogP contribution in [-0.4, -0.2) is 41.6 Å². The van der Waals surface area contributed by atoms with Crippen LogP contribution >= 0.6 is 0 Å². The molecule has 0 aliphatic carbocycles. The van der Waals surface area contributed by atoms with Gasteiger partial charge in [-0.15, -0.1) is 10.2 Å². The van der Waals surface area contributed by atoms with Gasteiger partial charge < -0.3 is 20.1 Å². The second-order valence-electron chi connectivity index (χ2n) is 7.79. The summed E-state index contributed by atoms with van der Waals surface area (Å²) >= 11 is 0. The van der Waals surface area contributed by atoms with E-state index in [2.05, 4.69) is 25.5 Å². The Bertz CT molecular complexity index is 1220. The van der Waals surface area contributed by atoms with E-state index in [0.29, 0.717) is 22.9 Å². The number of benzene rings is 1. The molecule has 0 unspecified atom stereocenters. The lowest BCUT2D eigenvalue weighted by Gasteiger charge is -2.19. The number of rotatable bonds is 7. The van der Waals surface area contributed by atoms with Crippen LogP contribution in [0.3, 0.4) is 0 Å². The lowest BCUT2D eigenvalue weighted by molar-refractivity contribution is 0.276. The molecule has 0 saturated carbocycles. The van der Waals surface area contributed by atoms with Gasteiger partial charge in [0, 0.05) is 6.20 Å². The van der Waals surface area contributed by atoms with Gasteiger partial charge in [-0.25, -0.2) is 9.97 Å². The van der Waals surface area contributed by atoms with Gasteiger partial charge in [-0.05, 0) is 50.1 Å². The minimum atomic E-state index is -0.286. The number of nitrogens with zero attached hydrogens (tertiary/aromatic N) is 5. The Kier molecular flexibility index (Phi) is 6.25. The van der Waals surface area contributed by atoms with Crippen molar-refractivity contribution in [2.75, 3.05) is 11.9 Å². The molecule has 4 aromatic rings. The summed E-state index contributed by atoms with van der Waals surface area (Å²) in [6, 6.07) is 13.4. The highest BCUT2D eigenvalue weighted by molar-refractivity contribution is 5.60. The number of aromatic nitrogens is 5. The van der Waals surface area contributed by atoms with Gasteiger partial charge in [-0.2, -0.15) is 0 Å². The zero-order valence-corrected chi connectivity index (χ0v) is 18.3. The molecule has 0 fully saturated rings. The normalized spacial score (nSPS) is 12.0. The highest BCUT2D eigenvalue weighted by Crippen LogP contribution is 2.25. The van der Waals surface area contributed by atoms with E-state index in [1.807, 2.05) is 74.0 Å². The summed E-state index contributed by atoms with van der Waals surface area (Å²) in [6.45, 7) is 5.59. The summed E-state index contributed by atoms with van der Waals surface area (Å²) in [5, 5.41) is 31.6. The lowest BCUT2D eigenvalue weighted by Crippen LogP contribution is -2.17. The Morgan fingerprint density at radius 2 is 1.75 bits per heavy atom. The van der Waals surface area contributed by atoms with E-state index in [4.69, 9.17) is 0 Å². The van der Waals surface area contributed by atoms with Gasteiger partial charge in [0.2, 0.25) is 0 Å². The summed E-state index contributed by atoms with van der Waals surface area (Å²) in [5.41, 5.74) is 6.42. The van der Waals surface area contributed by atoms with E-state index >= 15 is 0 Å². The zero-order valence-electron chi connectivity index (χ0n) is 18.3. The number of anilines is 1. The molecule has 3 N–H and O–H groups in total. The van der Waals surface area contributed by atoms with Crippen molar-refractivity contribution >= 4 is 5.82 Å². The number of pyridine rings is 1. The first-order chi connectivity index (χ1) is 15.5. The monoisotopic (exact) mass is 430 g/mol. The lowest BCUT2D eigenvalue weighted by atomic mass is 10.1. The molecule has 0 amide bonds. The molecule has 32 heavy (non-hydrogen) atoms. The van der Waals surface area contributed by atoms with Gasteiger partial charge in [0.1, 0.15) is 5.69 Å². The van der Waals surface area contributed by atoms with Gasteiger partial charge in [0.05, 0.1) is 48.4 Å². The van der Waals surface area contributed by atoms with Crippen LogP contribution < -0.4 is 5.32 Å². The van der Waals surface area contributed by atoms with Crippen LogP contribution in [0, 0.1) is 20.8 Å². The van der Waals surface area contributed by atoms with Gasteiger partial charge in [-0.3, -0.25) is 0 Å². The zero-order chi connectivity index (χ0) is 22.7. The number of aryl methyl sites for hydroxylation is 3. The average molecular weight is 431 g/mol. The Hall–Kier alpha value is -3.62. The standard InChI is InChI=1S/C24H26N6O2/c1-15-4-6-18(7-5-15)21(12-31)27-24-16(2)10-20(28-29-24)19-8-9-23(22(13-32)26-19)30-11-17(3)25-14-30/h4-11,14,21,31-32H,12-13H2,1-3H3,(H,27,29)/t21-/m1/s1. The molecule has 1 atom stereocenters. The van der Waals surface area contributed by atoms with Crippen LogP contribution in [0.2, 0.25) is 0 Å². The Labute approximate surface area is 186 Å². The fraction of sp³-hybridized carbons (Fsp3) is 0.250. The van der Waals surface area contributed by atoms with Crippen molar-refractivity contribution in [3.8, 4) is 17.1 Å². The van der Waals surface area contributed by atoms with E-state index in [1.165, 1.54) is 0 Å². The van der Waals surface area contributed by atoms with Crippen molar-refractivity contribution in [2.45, 2.75) is 33.4 Å². The third-order valence-electron chi connectivity index (χ3n) is 5.31. The molecule has 8 heteroatoms. The summed E-state index contributed by atoms with van der Waals surface area (Å²) in [6.07, 6.45) is 3.58. The fourth-order valence-electron chi connectivity index (χ4n) is 3.49. The van der Waals surface area contributed by atoms with Gasteiger partial charge in [0.15, 0.2) is 5.82 Å². The molecule has 0 spiro atoms. The molecule has 4 rings (SSSR count). The minimum Gasteiger partial charge on any atom is -0.394 e. The fourth-order valence-corrected chi connectivity index (χ4v) is 3.49. The molecule has 3 aromatic heterocycles. The van der Waals surface area contributed by atoms with Crippen molar-refractivity contribution in [3.63, 3.8) is 0 Å².